The van der Waals surface area contributed by atoms with E-state index in [-0.39, 0.29) is 25.3 Å². The van der Waals surface area contributed by atoms with E-state index in [0.717, 1.165) is 0 Å². The van der Waals surface area contributed by atoms with Crippen molar-refractivity contribution in [2.75, 3.05) is 26.9 Å². The lowest BCUT2D eigenvalue weighted by Gasteiger charge is -2.19. The molecule has 25 heavy (non-hydrogen) atoms. The predicted octanol–water partition coefficient (Wildman–Crippen LogP) is 2.94. The highest BCUT2D eigenvalue weighted by Gasteiger charge is 2.16. The summed E-state index contributed by atoms with van der Waals surface area (Å²) < 4.78 is 20.8. The van der Waals surface area contributed by atoms with Gasteiger partial charge in [0.15, 0.2) is 0 Å². The molecule has 0 unspecified atom stereocenters. The van der Waals surface area contributed by atoms with E-state index in [1.54, 1.807) is 39.0 Å². The smallest absolute Gasteiger partial charge is 0.407 e. The lowest BCUT2D eigenvalue weighted by molar-refractivity contribution is 0.0519. The Morgan fingerprint density at radius 3 is 2.56 bits per heavy atom. The molecular formula is C18H25NO6. The van der Waals surface area contributed by atoms with E-state index in [2.05, 4.69) is 11.9 Å². The first-order valence-electron chi connectivity index (χ1n) is 7.82. The maximum absolute atomic E-state index is 11.8. The number of nitrogens with one attached hydrogen (secondary N) is 1. The highest BCUT2D eigenvalue weighted by Crippen LogP contribution is 2.25. The van der Waals surface area contributed by atoms with Gasteiger partial charge in [0, 0.05) is 0 Å². The highest BCUT2D eigenvalue weighted by molar-refractivity contribution is 5.93. The van der Waals surface area contributed by atoms with Gasteiger partial charge in [-0.15, -0.1) is 0 Å². The number of ether oxygens (including phenoxy) is 4. The number of rotatable bonds is 8. The lowest BCUT2D eigenvalue weighted by Crippen LogP contribution is -2.34. The molecule has 138 valence electrons. The number of carbonyl (C=O) groups is 2. The predicted molar refractivity (Wildman–Crippen MR) is 93.2 cm³/mol. The minimum Gasteiger partial charge on any atom is -0.492 e. The summed E-state index contributed by atoms with van der Waals surface area (Å²) in [5, 5.41) is 2.58. The molecule has 0 spiro atoms. The molecule has 0 saturated heterocycles. The number of esters is 1. The zero-order valence-electron chi connectivity index (χ0n) is 15.1. The Kier molecular flexibility index (Phi) is 7.78. The Morgan fingerprint density at radius 1 is 1.24 bits per heavy atom. The molecule has 1 aromatic rings. The van der Waals surface area contributed by atoms with Crippen molar-refractivity contribution in [2.24, 2.45) is 0 Å². The maximum atomic E-state index is 11.8. The Labute approximate surface area is 147 Å². The fourth-order valence-electron chi connectivity index (χ4n) is 1.78. The molecule has 0 heterocycles. The van der Waals surface area contributed by atoms with Crippen molar-refractivity contribution in [2.45, 2.75) is 26.4 Å². The Hall–Kier alpha value is -2.70. The normalized spacial score (nSPS) is 10.6. The van der Waals surface area contributed by atoms with Crippen LogP contribution in [0.1, 0.15) is 31.1 Å². The minimum atomic E-state index is -0.554. The van der Waals surface area contributed by atoms with E-state index in [1.807, 2.05) is 0 Å². The lowest BCUT2D eigenvalue weighted by atomic mass is 10.2. The maximum Gasteiger partial charge on any atom is 0.407 e. The van der Waals surface area contributed by atoms with Gasteiger partial charge < -0.3 is 24.3 Å². The largest absolute Gasteiger partial charge is 0.492 e. The van der Waals surface area contributed by atoms with Gasteiger partial charge in [0.2, 0.25) is 0 Å². The van der Waals surface area contributed by atoms with E-state index >= 15 is 0 Å². The van der Waals surface area contributed by atoms with Crippen LogP contribution in [0.2, 0.25) is 0 Å². The third kappa shape index (κ3) is 7.60. The molecule has 0 aliphatic heterocycles. The van der Waals surface area contributed by atoms with Crippen LogP contribution in [0.15, 0.2) is 30.9 Å². The van der Waals surface area contributed by atoms with E-state index in [0.29, 0.717) is 11.5 Å². The van der Waals surface area contributed by atoms with Crippen molar-refractivity contribution >= 4 is 12.1 Å². The molecule has 0 atom stereocenters. The molecule has 0 aromatic heterocycles. The molecule has 0 aliphatic carbocycles. The summed E-state index contributed by atoms with van der Waals surface area (Å²) >= 11 is 0. The molecular weight excluding hydrogens is 326 g/mol. The third-order valence-corrected chi connectivity index (χ3v) is 2.75. The average molecular weight is 351 g/mol. The molecule has 1 aromatic carbocycles. The number of amides is 1. The quantitative estimate of drug-likeness (QED) is 0.440. The molecule has 0 bridgehead atoms. The summed E-state index contributed by atoms with van der Waals surface area (Å²) in [6, 6.07) is 4.81. The van der Waals surface area contributed by atoms with E-state index in [4.69, 9.17) is 18.9 Å². The Bertz CT molecular complexity index is 606. The van der Waals surface area contributed by atoms with Crippen LogP contribution in [0.25, 0.3) is 0 Å². The van der Waals surface area contributed by atoms with E-state index in [9.17, 15) is 9.59 Å². The molecule has 0 radical (unpaired) electrons. The van der Waals surface area contributed by atoms with Crippen LogP contribution in [0.3, 0.4) is 0 Å². The zero-order valence-corrected chi connectivity index (χ0v) is 15.1. The molecule has 0 saturated carbocycles. The van der Waals surface area contributed by atoms with Gasteiger partial charge in [0.1, 0.15) is 35.9 Å². The van der Waals surface area contributed by atoms with Gasteiger partial charge >= 0.3 is 12.1 Å². The molecule has 1 rings (SSSR count). The van der Waals surface area contributed by atoms with Crippen LogP contribution in [0.4, 0.5) is 4.79 Å². The summed E-state index contributed by atoms with van der Waals surface area (Å²) in [6.07, 6.45) is 1.06. The fourth-order valence-corrected chi connectivity index (χ4v) is 1.78. The van der Waals surface area contributed by atoms with Crippen molar-refractivity contribution < 1.29 is 28.5 Å². The monoisotopic (exact) mass is 351 g/mol. The van der Waals surface area contributed by atoms with Crippen LogP contribution >= 0.6 is 0 Å². The minimum absolute atomic E-state index is 0.215. The molecule has 7 nitrogen and oxygen atoms in total. The van der Waals surface area contributed by atoms with Crippen LogP contribution in [0, 0.1) is 0 Å². The van der Waals surface area contributed by atoms with Crippen LogP contribution in [0.5, 0.6) is 11.5 Å². The molecule has 0 fully saturated rings. The number of methoxy groups -OCH3 is 1. The molecule has 1 N–H and O–H groups in total. The molecule has 7 heteroatoms. The zero-order chi connectivity index (χ0) is 18.9. The van der Waals surface area contributed by atoms with Gasteiger partial charge in [0.05, 0.1) is 13.7 Å². The third-order valence-electron chi connectivity index (χ3n) is 2.75. The van der Waals surface area contributed by atoms with Crippen molar-refractivity contribution in [3.05, 3.63) is 36.4 Å². The second kappa shape index (κ2) is 9.56. The first-order valence-corrected chi connectivity index (χ1v) is 7.82. The second-order valence-corrected chi connectivity index (χ2v) is 6.03. The van der Waals surface area contributed by atoms with Crippen LogP contribution < -0.4 is 14.8 Å². The van der Waals surface area contributed by atoms with Gasteiger partial charge in [-0.3, -0.25) is 0 Å². The van der Waals surface area contributed by atoms with Gasteiger partial charge in [-0.2, -0.15) is 0 Å². The van der Waals surface area contributed by atoms with Gasteiger partial charge in [-0.25, -0.2) is 9.59 Å². The molecule has 1 amide bonds. The van der Waals surface area contributed by atoms with Gasteiger partial charge in [-0.05, 0) is 39.0 Å². The topological polar surface area (TPSA) is 83.1 Å². The van der Waals surface area contributed by atoms with Crippen molar-refractivity contribution in [1.82, 2.24) is 5.32 Å². The summed E-state index contributed by atoms with van der Waals surface area (Å²) in [5.74, 6) is 0.305. The van der Waals surface area contributed by atoms with E-state index in [1.165, 1.54) is 13.2 Å². The first-order chi connectivity index (χ1) is 11.8. The number of carbonyl (C=O) groups excluding carboxylic acids is 2. The number of hydrogen-bond acceptors (Lipinski definition) is 6. The number of alkyl carbamates (subject to hydrolysis) is 1. The van der Waals surface area contributed by atoms with Crippen molar-refractivity contribution in [3.63, 3.8) is 0 Å². The van der Waals surface area contributed by atoms with Crippen LogP contribution in [-0.4, -0.2) is 44.5 Å². The van der Waals surface area contributed by atoms with Crippen molar-refractivity contribution in [1.29, 1.82) is 0 Å². The Balaban J connectivity index is 2.60. The van der Waals surface area contributed by atoms with Gasteiger partial charge in [-0.1, -0.05) is 12.7 Å². The summed E-state index contributed by atoms with van der Waals surface area (Å²) in [6.45, 7) is 9.66. The SMILES string of the molecule is C=CCOc1ccc(OCCNC(=O)OC(C)(C)C)cc1C(=O)OC. The van der Waals surface area contributed by atoms with Gasteiger partial charge in [0.25, 0.3) is 0 Å². The fraction of sp³-hybridized carbons (Fsp3) is 0.444. The second-order valence-electron chi connectivity index (χ2n) is 6.03. The summed E-state index contributed by atoms with van der Waals surface area (Å²) in [5.41, 5.74) is -0.302. The average Bonchev–Trinajstić information content (AvgIpc) is 2.55. The Morgan fingerprint density at radius 2 is 1.96 bits per heavy atom. The summed E-state index contributed by atoms with van der Waals surface area (Å²) in [4.78, 5) is 23.4. The van der Waals surface area contributed by atoms with Crippen molar-refractivity contribution in [3.8, 4) is 11.5 Å². The number of benzene rings is 1. The van der Waals surface area contributed by atoms with Crippen LogP contribution in [-0.2, 0) is 9.47 Å². The molecule has 0 aliphatic rings. The first kappa shape index (κ1) is 20.3. The number of hydrogen-bond donors (Lipinski definition) is 1. The highest BCUT2D eigenvalue weighted by atomic mass is 16.6. The standard InChI is InChI=1S/C18H25NO6/c1-6-10-24-15-8-7-13(12-14(15)16(20)22-5)23-11-9-19-17(21)25-18(2,3)4/h6-8,12H,1,9-11H2,2-5H3,(H,19,21). The summed E-state index contributed by atoms with van der Waals surface area (Å²) in [7, 11) is 1.29. The van der Waals surface area contributed by atoms with E-state index < -0.39 is 17.7 Å².